The molecule has 0 aliphatic carbocycles. The van der Waals surface area contributed by atoms with E-state index in [2.05, 4.69) is 5.32 Å². The maximum absolute atomic E-state index is 13.2. The van der Waals surface area contributed by atoms with Crippen LogP contribution in [0.5, 0.6) is 0 Å². The lowest BCUT2D eigenvalue weighted by molar-refractivity contribution is 0.0785. The van der Waals surface area contributed by atoms with Crippen molar-refractivity contribution >= 4 is 17.5 Å². The van der Waals surface area contributed by atoms with E-state index in [-0.39, 0.29) is 17.6 Å². The van der Waals surface area contributed by atoms with E-state index < -0.39 is 0 Å². The number of benzene rings is 3. The average molecular weight is 477 g/mol. The number of hydrogen-bond acceptors (Lipinski definition) is 4. The van der Waals surface area contributed by atoms with E-state index in [0.717, 1.165) is 22.5 Å². The summed E-state index contributed by atoms with van der Waals surface area (Å²) in [6.07, 6.45) is 3.41. The van der Waals surface area contributed by atoms with Crippen LogP contribution in [-0.4, -0.2) is 33.5 Å². The standard InChI is InChI=1S/C29H24N4O3/c1-32(29(35)22-14-16-24(17-15-22)30-28(34)26-13-8-18-36-26)19-23-20-33(25-11-6-3-7-12-25)31-27(23)21-9-4-2-5-10-21/h2-18,20H,19H2,1H3,(H,30,34). The van der Waals surface area contributed by atoms with Crippen molar-refractivity contribution in [2.75, 3.05) is 12.4 Å². The predicted octanol–water partition coefficient (Wildman–Crippen LogP) is 5.66. The molecular formula is C29H24N4O3. The van der Waals surface area contributed by atoms with Gasteiger partial charge in [0.25, 0.3) is 11.8 Å². The van der Waals surface area contributed by atoms with Gasteiger partial charge in [0, 0.05) is 42.2 Å². The molecular weight excluding hydrogens is 452 g/mol. The van der Waals surface area contributed by atoms with Gasteiger partial charge in [-0.1, -0.05) is 48.5 Å². The molecule has 0 saturated carbocycles. The maximum atomic E-state index is 13.2. The van der Waals surface area contributed by atoms with Crippen molar-refractivity contribution in [1.82, 2.24) is 14.7 Å². The van der Waals surface area contributed by atoms with Crippen molar-refractivity contribution in [2.45, 2.75) is 6.54 Å². The van der Waals surface area contributed by atoms with Gasteiger partial charge in [0.15, 0.2) is 5.76 Å². The van der Waals surface area contributed by atoms with Crippen molar-refractivity contribution in [3.05, 3.63) is 126 Å². The Morgan fingerprint density at radius 1 is 0.889 bits per heavy atom. The second kappa shape index (κ2) is 10.1. The Kier molecular flexibility index (Phi) is 6.44. The summed E-state index contributed by atoms with van der Waals surface area (Å²) in [5.74, 6) is -0.259. The number of amides is 2. The fourth-order valence-electron chi connectivity index (χ4n) is 3.92. The SMILES string of the molecule is CN(Cc1cn(-c2ccccc2)nc1-c1ccccc1)C(=O)c1ccc(NC(=O)c2ccco2)cc1. The third-order valence-electron chi connectivity index (χ3n) is 5.75. The van der Waals surface area contributed by atoms with Gasteiger partial charge in [-0.05, 0) is 48.5 Å². The summed E-state index contributed by atoms with van der Waals surface area (Å²) in [5, 5.41) is 7.58. The second-order valence-electron chi connectivity index (χ2n) is 8.32. The molecule has 0 fully saturated rings. The van der Waals surface area contributed by atoms with Crippen molar-refractivity contribution in [3.63, 3.8) is 0 Å². The van der Waals surface area contributed by atoms with E-state index in [1.807, 2.05) is 71.5 Å². The number of nitrogens with zero attached hydrogens (tertiary/aromatic N) is 3. The first-order valence-corrected chi connectivity index (χ1v) is 11.5. The normalized spacial score (nSPS) is 10.7. The Morgan fingerprint density at radius 2 is 1.58 bits per heavy atom. The number of para-hydroxylation sites is 1. The zero-order valence-electron chi connectivity index (χ0n) is 19.7. The Balaban J connectivity index is 1.34. The maximum Gasteiger partial charge on any atom is 0.291 e. The lowest BCUT2D eigenvalue weighted by Crippen LogP contribution is -2.26. The molecule has 0 saturated heterocycles. The lowest BCUT2D eigenvalue weighted by Gasteiger charge is -2.17. The fraction of sp³-hybridized carbons (Fsp3) is 0.0690. The van der Waals surface area contributed by atoms with Crippen LogP contribution in [0.2, 0.25) is 0 Å². The van der Waals surface area contributed by atoms with Crippen LogP contribution in [-0.2, 0) is 6.54 Å². The summed E-state index contributed by atoms with van der Waals surface area (Å²) in [6.45, 7) is 0.382. The molecule has 0 aliphatic rings. The zero-order chi connectivity index (χ0) is 24.9. The number of carbonyl (C=O) groups is 2. The molecule has 0 unspecified atom stereocenters. The van der Waals surface area contributed by atoms with E-state index in [1.165, 1.54) is 6.26 Å². The zero-order valence-corrected chi connectivity index (χ0v) is 19.7. The van der Waals surface area contributed by atoms with Crippen LogP contribution in [0.15, 0.2) is 114 Å². The van der Waals surface area contributed by atoms with Crippen molar-refractivity contribution < 1.29 is 14.0 Å². The van der Waals surface area contributed by atoms with Crippen molar-refractivity contribution in [1.29, 1.82) is 0 Å². The first-order valence-electron chi connectivity index (χ1n) is 11.5. The molecule has 2 aromatic heterocycles. The first kappa shape index (κ1) is 22.9. The third kappa shape index (κ3) is 4.95. The van der Waals surface area contributed by atoms with Crippen molar-refractivity contribution in [2.24, 2.45) is 0 Å². The van der Waals surface area contributed by atoms with Crippen LogP contribution >= 0.6 is 0 Å². The first-order chi connectivity index (χ1) is 17.6. The molecule has 0 radical (unpaired) electrons. The van der Waals surface area contributed by atoms with Gasteiger partial charge in [0.2, 0.25) is 0 Å². The van der Waals surface area contributed by atoms with Crippen LogP contribution in [0, 0.1) is 0 Å². The van der Waals surface area contributed by atoms with Crippen LogP contribution in [0.25, 0.3) is 16.9 Å². The highest BCUT2D eigenvalue weighted by molar-refractivity contribution is 6.02. The van der Waals surface area contributed by atoms with Gasteiger partial charge in [0.05, 0.1) is 17.6 Å². The topological polar surface area (TPSA) is 80.4 Å². The van der Waals surface area contributed by atoms with Crippen LogP contribution in [0.4, 0.5) is 5.69 Å². The highest BCUT2D eigenvalue weighted by atomic mass is 16.3. The van der Waals surface area contributed by atoms with Gasteiger partial charge in [-0.3, -0.25) is 9.59 Å². The number of aromatic nitrogens is 2. The quantitative estimate of drug-likeness (QED) is 0.329. The van der Waals surface area contributed by atoms with Gasteiger partial charge in [-0.2, -0.15) is 5.10 Å². The van der Waals surface area contributed by atoms with E-state index in [1.54, 1.807) is 48.3 Å². The predicted molar refractivity (Wildman–Crippen MR) is 138 cm³/mol. The number of anilines is 1. The number of carbonyl (C=O) groups excluding carboxylic acids is 2. The fourth-order valence-corrected chi connectivity index (χ4v) is 3.92. The minimum absolute atomic E-state index is 0.134. The van der Waals surface area contributed by atoms with Crippen molar-refractivity contribution in [3.8, 4) is 16.9 Å². The molecule has 0 aliphatic heterocycles. The van der Waals surface area contributed by atoms with E-state index in [0.29, 0.717) is 17.8 Å². The summed E-state index contributed by atoms with van der Waals surface area (Å²) in [5.41, 5.74) is 4.79. The van der Waals surface area contributed by atoms with Gasteiger partial charge in [0.1, 0.15) is 0 Å². The van der Waals surface area contributed by atoms with Gasteiger partial charge >= 0.3 is 0 Å². The summed E-state index contributed by atoms with van der Waals surface area (Å²) >= 11 is 0. The third-order valence-corrected chi connectivity index (χ3v) is 5.75. The summed E-state index contributed by atoms with van der Waals surface area (Å²) in [7, 11) is 1.77. The molecule has 36 heavy (non-hydrogen) atoms. The molecule has 5 rings (SSSR count). The van der Waals surface area contributed by atoms with Crippen LogP contribution in [0.1, 0.15) is 26.5 Å². The Morgan fingerprint density at radius 3 is 2.25 bits per heavy atom. The average Bonchev–Trinajstić information content (AvgIpc) is 3.61. The van der Waals surface area contributed by atoms with Gasteiger partial charge < -0.3 is 14.6 Å². The molecule has 2 heterocycles. The molecule has 178 valence electrons. The lowest BCUT2D eigenvalue weighted by atomic mass is 10.1. The molecule has 7 heteroatoms. The number of furan rings is 1. The molecule has 0 bridgehead atoms. The minimum Gasteiger partial charge on any atom is -0.459 e. The van der Waals surface area contributed by atoms with Gasteiger partial charge in [-0.15, -0.1) is 0 Å². The summed E-state index contributed by atoms with van der Waals surface area (Å²) < 4.78 is 6.95. The smallest absolute Gasteiger partial charge is 0.291 e. The summed E-state index contributed by atoms with van der Waals surface area (Å²) in [4.78, 5) is 27.0. The second-order valence-corrected chi connectivity index (χ2v) is 8.32. The molecule has 3 aromatic carbocycles. The van der Waals surface area contributed by atoms with Crippen LogP contribution in [0.3, 0.4) is 0 Å². The molecule has 5 aromatic rings. The van der Waals surface area contributed by atoms with Crippen LogP contribution < -0.4 is 5.32 Å². The van der Waals surface area contributed by atoms with E-state index >= 15 is 0 Å². The monoisotopic (exact) mass is 476 g/mol. The Bertz CT molecular complexity index is 1460. The largest absolute Gasteiger partial charge is 0.459 e. The minimum atomic E-state index is -0.347. The number of hydrogen-bond donors (Lipinski definition) is 1. The number of rotatable bonds is 7. The molecule has 1 N–H and O–H groups in total. The highest BCUT2D eigenvalue weighted by Crippen LogP contribution is 2.25. The highest BCUT2D eigenvalue weighted by Gasteiger charge is 2.18. The molecule has 0 atom stereocenters. The Labute approximate surface area is 208 Å². The Hall–Kier alpha value is -4.91. The van der Waals surface area contributed by atoms with E-state index in [4.69, 9.17) is 9.52 Å². The van der Waals surface area contributed by atoms with Gasteiger partial charge in [-0.25, -0.2) is 4.68 Å². The molecule has 0 spiro atoms. The number of nitrogens with one attached hydrogen (secondary N) is 1. The summed E-state index contributed by atoms with van der Waals surface area (Å²) in [6, 6.07) is 29.9. The van der Waals surface area contributed by atoms with E-state index in [9.17, 15) is 9.59 Å². The molecule has 2 amide bonds. The molecule has 7 nitrogen and oxygen atoms in total.